The Hall–Kier alpha value is -1.79. The van der Waals surface area contributed by atoms with E-state index in [2.05, 4.69) is 5.32 Å². The Morgan fingerprint density at radius 2 is 1.78 bits per heavy atom. The van der Waals surface area contributed by atoms with Crippen molar-refractivity contribution >= 4 is 5.91 Å². The molecule has 6 nitrogen and oxygen atoms in total. The van der Waals surface area contributed by atoms with Gasteiger partial charge in [-0.3, -0.25) is 4.79 Å². The average molecular weight is 324 g/mol. The molecule has 1 rings (SSSR count). The van der Waals surface area contributed by atoms with Crippen molar-refractivity contribution in [3.05, 3.63) is 24.3 Å². The highest BCUT2D eigenvalue weighted by atomic mass is 16.5. The summed E-state index contributed by atoms with van der Waals surface area (Å²) in [6, 6.07) is 7.59. The van der Waals surface area contributed by atoms with Crippen LogP contribution in [-0.4, -0.2) is 42.9 Å². The molecule has 0 radical (unpaired) electrons. The molecule has 0 saturated heterocycles. The molecule has 0 aliphatic heterocycles. The zero-order valence-electron chi connectivity index (χ0n) is 14.0. The maximum Gasteiger partial charge on any atom is 0.217 e. The standard InChI is InChI=1S/C17H28N2O4/c1-13(2)19-11-14(20)12-23-16-8-6-15(7-9-16)22-10-4-3-5-17(18)21/h6-9,13-14,19-20H,3-5,10-12H2,1-2H3,(H2,18,21). The molecule has 0 fully saturated rings. The molecule has 1 aromatic rings. The number of hydrogen-bond donors (Lipinski definition) is 3. The second kappa shape index (κ2) is 10.9. The average Bonchev–Trinajstić information content (AvgIpc) is 2.51. The van der Waals surface area contributed by atoms with Gasteiger partial charge in [-0.25, -0.2) is 0 Å². The van der Waals surface area contributed by atoms with E-state index in [1.165, 1.54) is 0 Å². The van der Waals surface area contributed by atoms with Gasteiger partial charge < -0.3 is 25.6 Å². The zero-order chi connectivity index (χ0) is 17.1. The first-order valence-electron chi connectivity index (χ1n) is 8.02. The van der Waals surface area contributed by atoms with Gasteiger partial charge in [-0.1, -0.05) is 13.8 Å². The summed E-state index contributed by atoms with van der Waals surface area (Å²) in [7, 11) is 0. The van der Waals surface area contributed by atoms with Crippen molar-refractivity contribution in [3.63, 3.8) is 0 Å². The molecule has 0 spiro atoms. The first-order chi connectivity index (χ1) is 11.0. The SMILES string of the molecule is CC(C)NCC(O)COc1ccc(OCCCCC(N)=O)cc1. The van der Waals surface area contributed by atoms with E-state index < -0.39 is 6.10 Å². The van der Waals surface area contributed by atoms with Crippen molar-refractivity contribution in [2.24, 2.45) is 5.73 Å². The maximum absolute atomic E-state index is 10.6. The molecule has 1 aromatic carbocycles. The van der Waals surface area contributed by atoms with Crippen LogP contribution in [0.2, 0.25) is 0 Å². The summed E-state index contributed by atoms with van der Waals surface area (Å²) in [5, 5.41) is 12.9. The highest BCUT2D eigenvalue weighted by Crippen LogP contribution is 2.18. The summed E-state index contributed by atoms with van der Waals surface area (Å²) < 4.78 is 11.1. The lowest BCUT2D eigenvalue weighted by atomic mass is 10.2. The third-order valence-corrected chi connectivity index (χ3v) is 3.11. The fourth-order valence-electron chi connectivity index (χ4n) is 1.85. The molecule has 6 heteroatoms. The smallest absolute Gasteiger partial charge is 0.217 e. The van der Waals surface area contributed by atoms with E-state index in [0.29, 0.717) is 31.4 Å². The molecule has 23 heavy (non-hydrogen) atoms. The number of rotatable bonds is 12. The van der Waals surface area contributed by atoms with Gasteiger partial charge in [0, 0.05) is 19.0 Å². The molecule has 0 aliphatic rings. The number of unbranched alkanes of at least 4 members (excludes halogenated alkanes) is 1. The summed E-state index contributed by atoms with van der Waals surface area (Å²) in [4.78, 5) is 10.6. The van der Waals surface area contributed by atoms with Crippen molar-refractivity contribution < 1.29 is 19.4 Å². The molecule has 0 heterocycles. The normalized spacial score (nSPS) is 12.2. The second-order valence-corrected chi connectivity index (χ2v) is 5.77. The molecule has 0 saturated carbocycles. The van der Waals surface area contributed by atoms with Gasteiger partial charge in [-0.05, 0) is 37.1 Å². The fraction of sp³-hybridized carbons (Fsp3) is 0.588. The number of amides is 1. The van der Waals surface area contributed by atoms with E-state index in [4.69, 9.17) is 15.2 Å². The predicted octanol–water partition coefficient (Wildman–Crippen LogP) is 1.46. The molecule has 130 valence electrons. The number of benzene rings is 1. The molecule has 0 bridgehead atoms. The minimum absolute atomic E-state index is 0.243. The lowest BCUT2D eigenvalue weighted by Gasteiger charge is -2.15. The summed E-state index contributed by atoms with van der Waals surface area (Å²) in [5.41, 5.74) is 5.07. The number of carbonyl (C=O) groups is 1. The Morgan fingerprint density at radius 1 is 1.17 bits per heavy atom. The molecular formula is C17H28N2O4. The number of primary amides is 1. The van der Waals surface area contributed by atoms with E-state index in [9.17, 15) is 9.90 Å². The Morgan fingerprint density at radius 3 is 2.35 bits per heavy atom. The Bertz CT molecular complexity index is 448. The number of nitrogens with one attached hydrogen (secondary N) is 1. The fourth-order valence-corrected chi connectivity index (χ4v) is 1.85. The Balaban J connectivity index is 2.21. The lowest BCUT2D eigenvalue weighted by molar-refractivity contribution is -0.118. The van der Waals surface area contributed by atoms with Gasteiger partial charge in [0.1, 0.15) is 24.2 Å². The number of ether oxygens (including phenoxy) is 2. The zero-order valence-corrected chi connectivity index (χ0v) is 14.0. The van der Waals surface area contributed by atoms with E-state index in [1.807, 2.05) is 26.0 Å². The topological polar surface area (TPSA) is 93.8 Å². The molecular weight excluding hydrogens is 296 g/mol. The van der Waals surface area contributed by atoms with E-state index >= 15 is 0 Å². The van der Waals surface area contributed by atoms with E-state index in [-0.39, 0.29) is 12.5 Å². The number of aliphatic hydroxyl groups excluding tert-OH is 1. The van der Waals surface area contributed by atoms with Gasteiger partial charge in [0.05, 0.1) is 6.61 Å². The van der Waals surface area contributed by atoms with E-state index in [0.717, 1.165) is 18.6 Å². The van der Waals surface area contributed by atoms with E-state index in [1.54, 1.807) is 12.1 Å². The van der Waals surface area contributed by atoms with Crippen molar-refractivity contribution in [3.8, 4) is 11.5 Å². The number of nitrogens with two attached hydrogens (primary N) is 1. The Labute approximate surface area is 138 Å². The lowest BCUT2D eigenvalue weighted by Crippen LogP contribution is -2.35. The van der Waals surface area contributed by atoms with Crippen LogP contribution in [-0.2, 0) is 4.79 Å². The number of hydrogen-bond acceptors (Lipinski definition) is 5. The minimum Gasteiger partial charge on any atom is -0.494 e. The van der Waals surface area contributed by atoms with Crippen LogP contribution in [0.15, 0.2) is 24.3 Å². The van der Waals surface area contributed by atoms with Crippen molar-refractivity contribution in [2.75, 3.05) is 19.8 Å². The highest BCUT2D eigenvalue weighted by Gasteiger charge is 2.06. The third-order valence-electron chi connectivity index (χ3n) is 3.11. The third kappa shape index (κ3) is 9.76. The van der Waals surface area contributed by atoms with Gasteiger partial charge in [0.25, 0.3) is 0 Å². The number of carbonyl (C=O) groups excluding carboxylic acids is 1. The van der Waals surface area contributed by atoms with Crippen LogP contribution in [0.5, 0.6) is 11.5 Å². The molecule has 0 aliphatic carbocycles. The van der Waals surface area contributed by atoms with Crippen LogP contribution in [0.25, 0.3) is 0 Å². The first kappa shape index (κ1) is 19.3. The Kier molecular flexibility index (Phi) is 9.09. The summed E-state index contributed by atoms with van der Waals surface area (Å²) in [5.74, 6) is 1.16. The van der Waals surface area contributed by atoms with Gasteiger partial charge in [0.2, 0.25) is 5.91 Å². The molecule has 1 amide bonds. The van der Waals surface area contributed by atoms with Gasteiger partial charge >= 0.3 is 0 Å². The largest absolute Gasteiger partial charge is 0.494 e. The van der Waals surface area contributed by atoms with Crippen molar-refractivity contribution in [1.82, 2.24) is 5.32 Å². The van der Waals surface area contributed by atoms with Crippen molar-refractivity contribution in [1.29, 1.82) is 0 Å². The quantitative estimate of drug-likeness (QED) is 0.506. The van der Waals surface area contributed by atoms with Crippen LogP contribution in [0.4, 0.5) is 0 Å². The summed E-state index contributed by atoms with van der Waals surface area (Å²) in [6.45, 7) is 5.35. The molecule has 4 N–H and O–H groups in total. The van der Waals surface area contributed by atoms with Gasteiger partial charge in [-0.2, -0.15) is 0 Å². The predicted molar refractivity (Wildman–Crippen MR) is 89.6 cm³/mol. The van der Waals surface area contributed by atoms with Crippen molar-refractivity contribution in [2.45, 2.75) is 45.3 Å². The number of aliphatic hydroxyl groups is 1. The van der Waals surface area contributed by atoms with Gasteiger partial charge in [-0.15, -0.1) is 0 Å². The maximum atomic E-state index is 10.6. The van der Waals surface area contributed by atoms with Crippen LogP contribution in [0.3, 0.4) is 0 Å². The molecule has 1 unspecified atom stereocenters. The summed E-state index contributed by atoms with van der Waals surface area (Å²) >= 11 is 0. The molecule has 0 aromatic heterocycles. The highest BCUT2D eigenvalue weighted by molar-refractivity contribution is 5.73. The monoisotopic (exact) mass is 324 g/mol. The minimum atomic E-state index is -0.543. The van der Waals surface area contributed by atoms with Crippen LogP contribution < -0.4 is 20.5 Å². The first-order valence-corrected chi connectivity index (χ1v) is 8.02. The van der Waals surface area contributed by atoms with Crippen LogP contribution in [0.1, 0.15) is 33.1 Å². The summed E-state index contributed by atoms with van der Waals surface area (Å²) in [6.07, 6.45) is 1.37. The van der Waals surface area contributed by atoms with Gasteiger partial charge in [0.15, 0.2) is 0 Å². The second-order valence-electron chi connectivity index (χ2n) is 5.77. The van der Waals surface area contributed by atoms with Crippen LogP contribution >= 0.6 is 0 Å². The van der Waals surface area contributed by atoms with Crippen LogP contribution in [0, 0.1) is 0 Å². The molecule has 1 atom stereocenters.